The lowest BCUT2D eigenvalue weighted by molar-refractivity contribution is 0.397. The van der Waals surface area contributed by atoms with E-state index in [1.54, 1.807) is 24.6 Å². The zero-order valence-electron chi connectivity index (χ0n) is 9.14. The van der Waals surface area contributed by atoms with Gasteiger partial charge >= 0.3 is 0 Å². The molecule has 0 fully saturated rings. The average Bonchev–Trinajstić information content (AvgIpc) is 2.82. The molecule has 0 aliphatic rings. The summed E-state index contributed by atoms with van der Waals surface area (Å²) in [7, 11) is 1.63. The first kappa shape index (κ1) is 11.1. The van der Waals surface area contributed by atoms with Crippen molar-refractivity contribution in [3.05, 3.63) is 46.3 Å². The fraction of sp³-hybridized carbons (Fsp3) is 0.250. The monoisotopic (exact) mass is 234 g/mol. The molecule has 1 N–H and O–H groups in total. The summed E-state index contributed by atoms with van der Waals surface area (Å²) in [5.74, 6) is 0.662. The van der Waals surface area contributed by atoms with Crippen molar-refractivity contribution in [1.82, 2.24) is 10.3 Å². The highest BCUT2D eigenvalue weighted by Crippen LogP contribution is 2.10. The number of aromatic nitrogens is 1. The fourth-order valence-electron chi connectivity index (χ4n) is 1.42. The highest BCUT2D eigenvalue weighted by atomic mass is 32.1. The summed E-state index contributed by atoms with van der Waals surface area (Å²) < 4.78 is 5.07. The lowest BCUT2D eigenvalue weighted by Crippen LogP contribution is -2.11. The molecule has 2 aromatic rings. The molecule has 0 radical (unpaired) electrons. The van der Waals surface area contributed by atoms with Gasteiger partial charge in [0.05, 0.1) is 7.11 Å². The minimum absolute atomic E-state index is 0.662. The Morgan fingerprint density at radius 1 is 1.38 bits per heavy atom. The SMILES string of the molecule is COc1cc(CNCc2cccs2)ccn1. The summed E-state index contributed by atoms with van der Waals surface area (Å²) in [5.41, 5.74) is 1.18. The Kier molecular flexibility index (Phi) is 3.91. The second-order valence-electron chi connectivity index (χ2n) is 3.39. The van der Waals surface area contributed by atoms with E-state index in [4.69, 9.17) is 4.74 Å². The Morgan fingerprint density at radius 3 is 3.06 bits per heavy atom. The number of pyridine rings is 1. The van der Waals surface area contributed by atoms with Gasteiger partial charge in [0.15, 0.2) is 0 Å². The molecule has 0 bridgehead atoms. The van der Waals surface area contributed by atoms with E-state index >= 15 is 0 Å². The molecule has 0 aliphatic carbocycles. The van der Waals surface area contributed by atoms with Crippen LogP contribution in [-0.2, 0) is 13.1 Å². The van der Waals surface area contributed by atoms with E-state index in [0.717, 1.165) is 13.1 Å². The molecule has 2 heterocycles. The second kappa shape index (κ2) is 5.63. The Bertz CT molecular complexity index is 428. The largest absolute Gasteiger partial charge is 0.481 e. The van der Waals surface area contributed by atoms with Gasteiger partial charge in [-0.2, -0.15) is 0 Å². The van der Waals surface area contributed by atoms with Crippen molar-refractivity contribution in [2.24, 2.45) is 0 Å². The first-order valence-corrected chi connectivity index (χ1v) is 5.98. The van der Waals surface area contributed by atoms with Crippen molar-refractivity contribution in [3.8, 4) is 5.88 Å². The van der Waals surface area contributed by atoms with E-state index in [9.17, 15) is 0 Å². The minimum atomic E-state index is 0.662. The van der Waals surface area contributed by atoms with Crippen LogP contribution in [0.3, 0.4) is 0 Å². The van der Waals surface area contributed by atoms with Crippen LogP contribution in [0, 0.1) is 0 Å². The molecule has 16 heavy (non-hydrogen) atoms. The third kappa shape index (κ3) is 3.05. The van der Waals surface area contributed by atoms with Gasteiger partial charge in [-0.1, -0.05) is 6.07 Å². The highest BCUT2D eigenvalue weighted by Gasteiger charge is 1.97. The first-order chi connectivity index (χ1) is 7.88. The number of methoxy groups -OCH3 is 1. The summed E-state index contributed by atoms with van der Waals surface area (Å²) in [4.78, 5) is 5.42. The van der Waals surface area contributed by atoms with Crippen LogP contribution in [0.5, 0.6) is 5.88 Å². The molecule has 0 unspecified atom stereocenters. The number of nitrogens with zero attached hydrogens (tertiary/aromatic N) is 1. The van der Waals surface area contributed by atoms with Crippen LogP contribution in [0.4, 0.5) is 0 Å². The summed E-state index contributed by atoms with van der Waals surface area (Å²) in [6.45, 7) is 1.74. The van der Waals surface area contributed by atoms with E-state index in [1.165, 1.54) is 10.4 Å². The average molecular weight is 234 g/mol. The van der Waals surface area contributed by atoms with Gasteiger partial charge in [-0.05, 0) is 23.1 Å². The van der Waals surface area contributed by atoms with Crippen LogP contribution in [0.15, 0.2) is 35.8 Å². The van der Waals surface area contributed by atoms with Gasteiger partial charge in [0, 0.05) is 30.2 Å². The summed E-state index contributed by atoms with van der Waals surface area (Å²) >= 11 is 1.77. The maximum atomic E-state index is 5.07. The number of hydrogen-bond acceptors (Lipinski definition) is 4. The number of hydrogen-bond donors (Lipinski definition) is 1. The van der Waals surface area contributed by atoms with Gasteiger partial charge in [0.2, 0.25) is 5.88 Å². The predicted molar refractivity (Wildman–Crippen MR) is 65.7 cm³/mol. The zero-order valence-corrected chi connectivity index (χ0v) is 9.96. The molecule has 0 spiro atoms. The second-order valence-corrected chi connectivity index (χ2v) is 4.42. The predicted octanol–water partition coefficient (Wildman–Crippen LogP) is 2.44. The summed E-state index contributed by atoms with van der Waals surface area (Å²) in [6.07, 6.45) is 1.76. The van der Waals surface area contributed by atoms with Crippen LogP contribution >= 0.6 is 11.3 Å². The van der Waals surface area contributed by atoms with Crippen molar-refractivity contribution >= 4 is 11.3 Å². The quantitative estimate of drug-likeness (QED) is 0.862. The van der Waals surface area contributed by atoms with Gasteiger partial charge in [-0.15, -0.1) is 11.3 Å². The molecular weight excluding hydrogens is 220 g/mol. The maximum Gasteiger partial charge on any atom is 0.213 e. The van der Waals surface area contributed by atoms with E-state index in [-0.39, 0.29) is 0 Å². The van der Waals surface area contributed by atoms with E-state index < -0.39 is 0 Å². The van der Waals surface area contributed by atoms with Crippen LogP contribution in [0.25, 0.3) is 0 Å². The van der Waals surface area contributed by atoms with E-state index in [0.29, 0.717) is 5.88 Å². The van der Waals surface area contributed by atoms with Crippen molar-refractivity contribution in [1.29, 1.82) is 0 Å². The highest BCUT2D eigenvalue weighted by molar-refractivity contribution is 7.09. The van der Waals surface area contributed by atoms with Crippen LogP contribution in [-0.4, -0.2) is 12.1 Å². The van der Waals surface area contributed by atoms with Gasteiger partial charge in [0.25, 0.3) is 0 Å². The topological polar surface area (TPSA) is 34.1 Å². The van der Waals surface area contributed by atoms with Crippen LogP contribution in [0.2, 0.25) is 0 Å². The molecule has 0 aliphatic heterocycles. The van der Waals surface area contributed by atoms with Gasteiger partial charge in [-0.25, -0.2) is 4.98 Å². The Hall–Kier alpha value is -1.39. The Labute approximate surface area is 99.1 Å². The minimum Gasteiger partial charge on any atom is -0.481 e. The lowest BCUT2D eigenvalue weighted by Gasteiger charge is -2.04. The molecule has 3 nitrogen and oxygen atoms in total. The Morgan fingerprint density at radius 2 is 2.31 bits per heavy atom. The van der Waals surface area contributed by atoms with Crippen LogP contribution in [0.1, 0.15) is 10.4 Å². The lowest BCUT2D eigenvalue weighted by atomic mass is 10.2. The molecule has 0 atom stereocenters. The molecule has 4 heteroatoms. The molecule has 2 aromatic heterocycles. The first-order valence-electron chi connectivity index (χ1n) is 5.10. The molecule has 0 aromatic carbocycles. The number of nitrogens with one attached hydrogen (secondary N) is 1. The van der Waals surface area contributed by atoms with Crippen LogP contribution < -0.4 is 10.1 Å². The number of thiophene rings is 1. The molecule has 84 valence electrons. The third-order valence-corrected chi connectivity index (χ3v) is 3.09. The van der Waals surface area contributed by atoms with Gasteiger partial charge in [-0.3, -0.25) is 0 Å². The molecule has 0 saturated heterocycles. The van der Waals surface area contributed by atoms with Crippen molar-refractivity contribution in [2.45, 2.75) is 13.1 Å². The number of ether oxygens (including phenoxy) is 1. The molecule has 2 rings (SSSR count). The molecule has 0 amide bonds. The Balaban J connectivity index is 1.85. The van der Waals surface area contributed by atoms with Gasteiger partial charge in [0.1, 0.15) is 0 Å². The van der Waals surface area contributed by atoms with Crippen molar-refractivity contribution < 1.29 is 4.74 Å². The smallest absolute Gasteiger partial charge is 0.213 e. The zero-order chi connectivity index (χ0) is 11.2. The van der Waals surface area contributed by atoms with E-state index in [2.05, 4.69) is 27.8 Å². The fourth-order valence-corrected chi connectivity index (χ4v) is 2.09. The summed E-state index contributed by atoms with van der Waals surface area (Å²) in [5, 5.41) is 5.47. The normalized spacial score (nSPS) is 10.3. The van der Waals surface area contributed by atoms with E-state index in [1.807, 2.05) is 12.1 Å². The van der Waals surface area contributed by atoms with Crippen molar-refractivity contribution in [2.75, 3.05) is 7.11 Å². The summed E-state index contributed by atoms with van der Waals surface area (Å²) in [6, 6.07) is 8.13. The third-order valence-electron chi connectivity index (χ3n) is 2.22. The standard InChI is InChI=1S/C12H14N2OS/c1-15-12-7-10(4-5-14-12)8-13-9-11-3-2-6-16-11/h2-7,13H,8-9H2,1H3. The number of rotatable bonds is 5. The molecule has 0 saturated carbocycles. The van der Waals surface area contributed by atoms with Gasteiger partial charge < -0.3 is 10.1 Å². The maximum absolute atomic E-state index is 5.07. The molecular formula is C12H14N2OS. The van der Waals surface area contributed by atoms with Crippen molar-refractivity contribution in [3.63, 3.8) is 0 Å².